The van der Waals surface area contributed by atoms with E-state index in [1.807, 2.05) is 4.90 Å². The molecule has 4 aromatic heterocycles. The summed E-state index contributed by atoms with van der Waals surface area (Å²) in [4.78, 5) is 28.7. The van der Waals surface area contributed by atoms with E-state index in [-0.39, 0.29) is 46.3 Å². The third-order valence-electron chi connectivity index (χ3n) is 8.40. The van der Waals surface area contributed by atoms with Gasteiger partial charge in [-0.3, -0.25) is 14.9 Å². The number of nitrogens with one attached hydrogen (secondary N) is 1. The molecule has 7 rings (SSSR count). The van der Waals surface area contributed by atoms with Crippen LogP contribution in [0.2, 0.25) is 0 Å². The maximum Gasteiger partial charge on any atom is 0.294 e. The van der Waals surface area contributed by atoms with Gasteiger partial charge in [0, 0.05) is 47.1 Å². The maximum absolute atomic E-state index is 14.3. The lowest BCUT2D eigenvalue weighted by atomic mass is 9.87. The SMILES string of the molecule is Cc1nc(C(=O)N2[C@@H]3CC[C@H]2CC(c2nc4c(-c5ccc(-c6ccccc6F)nc5)cnn4c(N)c2S(C)(=O)=O)C3)n[nH]1. The van der Waals surface area contributed by atoms with Crippen LogP contribution >= 0.6 is 0 Å². The lowest BCUT2D eigenvalue weighted by molar-refractivity contribution is 0.0556. The first kappa shape index (κ1) is 27.1. The predicted octanol–water partition coefficient (Wildman–Crippen LogP) is 3.56. The number of fused-ring (bicyclic) bond motifs is 3. The monoisotopic (exact) mass is 601 g/mol. The number of sulfone groups is 1. The Morgan fingerprint density at radius 1 is 1.05 bits per heavy atom. The van der Waals surface area contributed by atoms with Crippen LogP contribution in [0.25, 0.3) is 28.0 Å². The fourth-order valence-corrected chi connectivity index (χ4v) is 7.60. The molecule has 2 saturated heterocycles. The molecule has 3 atom stereocenters. The molecule has 1 unspecified atom stereocenters. The van der Waals surface area contributed by atoms with Crippen LogP contribution < -0.4 is 5.73 Å². The number of aryl methyl sites for hydroxylation is 1. The molecule has 12 nitrogen and oxygen atoms in total. The zero-order chi connectivity index (χ0) is 30.0. The minimum absolute atomic E-state index is 0.0215. The largest absolute Gasteiger partial charge is 0.382 e. The Morgan fingerprint density at radius 2 is 1.79 bits per heavy atom. The molecule has 0 saturated carbocycles. The van der Waals surface area contributed by atoms with E-state index in [4.69, 9.17) is 10.7 Å². The van der Waals surface area contributed by atoms with E-state index in [1.54, 1.807) is 49.6 Å². The number of nitrogens with two attached hydrogens (primary N) is 1. The van der Waals surface area contributed by atoms with Crippen molar-refractivity contribution in [2.24, 2.45) is 0 Å². The number of halogens is 1. The van der Waals surface area contributed by atoms with Crippen molar-refractivity contribution in [3.63, 3.8) is 0 Å². The van der Waals surface area contributed by atoms with Crippen molar-refractivity contribution < 1.29 is 17.6 Å². The smallest absolute Gasteiger partial charge is 0.294 e. The second-order valence-corrected chi connectivity index (χ2v) is 13.2. The first-order valence-electron chi connectivity index (χ1n) is 13.9. The number of amides is 1. The Balaban J connectivity index is 1.28. The number of anilines is 1. The Morgan fingerprint density at radius 3 is 2.42 bits per heavy atom. The molecule has 1 aromatic carbocycles. The fraction of sp³-hybridized carbons (Fsp3) is 0.310. The second-order valence-electron chi connectivity index (χ2n) is 11.2. The number of carbonyl (C=O) groups excluding carboxylic acids is 1. The van der Waals surface area contributed by atoms with Gasteiger partial charge in [0.2, 0.25) is 5.82 Å². The zero-order valence-corrected chi connectivity index (χ0v) is 24.2. The van der Waals surface area contributed by atoms with Crippen molar-refractivity contribution in [2.75, 3.05) is 12.0 Å². The molecule has 14 heteroatoms. The number of aromatic amines is 1. The van der Waals surface area contributed by atoms with Gasteiger partial charge in [0.15, 0.2) is 15.5 Å². The van der Waals surface area contributed by atoms with Crippen LogP contribution in [0.15, 0.2) is 53.7 Å². The average molecular weight is 602 g/mol. The van der Waals surface area contributed by atoms with Gasteiger partial charge >= 0.3 is 0 Å². The van der Waals surface area contributed by atoms with Gasteiger partial charge in [-0.25, -0.2) is 22.8 Å². The third kappa shape index (κ3) is 4.52. The predicted molar refractivity (Wildman–Crippen MR) is 155 cm³/mol. The van der Waals surface area contributed by atoms with E-state index in [0.717, 1.165) is 19.1 Å². The van der Waals surface area contributed by atoms with E-state index in [1.165, 1.54) is 10.6 Å². The van der Waals surface area contributed by atoms with Crippen LogP contribution in [0.3, 0.4) is 0 Å². The molecule has 0 radical (unpaired) electrons. The molecular formula is C29H28FN9O3S. The van der Waals surface area contributed by atoms with Crippen molar-refractivity contribution in [2.45, 2.75) is 55.5 Å². The quantitative estimate of drug-likeness (QED) is 0.306. The van der Waals surface area contributed by atoms with Crippen LogP contribution in [0.1, 0.15) is 53.7 Å². The third-order valence-corrected chi connectivity index (χ3v) is 9.56. The number of pyridine rings is 1. The highest BCUT2D eigenvalue weighted by molar-refractivity contribution is 7.91. The van der Waals surface area contributed by atoms with E-state index in [0.29, 0.717) is 52.4 Å². The van der Waals surface area contributed by atoms with Crippen molar-refractivity contribution in [1.29, 1.82) is 0 Å². The Bertz CT molecular complexity index is 1990. The molecule has 3 N–H and O–H groups in total. The van der Waals surface area contributed by atoms with Gasteiger partial charge in [0.05, 0.1) is 17.6 Å². The van der Waals surface area contributed by atoms with E-state index in [9.17, 15) is 17.6 Å². The fourth-order valence-electron chi connectivity index (χ4n) is 6.55. The van der Waals surface area contributed by atoms with Gasteiger partial charge in [0.25, 0.3) is 5.91 Å². The van der Waals surface area contributed by atoms with Crippen molar-refractivity contribution >= 4 is 27.2 Å². The molecule has 6 heterocycles. The summed E-state index contributed by atoms with van der Waals surface area (Å²) in [5.41, 5.74) is 9.40. The Labute approximate surface area is 246 Å². The van der Waals surface area contributed by atoms with E-state index in [2.05, 4.69) is 25.3 Å². The first-order valence-corrected chi connectivity index (χ1v) is 15.8. The first-order chi connectivity index (χ1) is 20.6. The summed E-state index contributed by atoms with van der Waals surface area (Å²) in [7, 11) is -3.79. The molecule has 5 aromatic rings. The molecule has 2 aliphatic rings. The number of nitrogen functional groups attached to an aromatic ring is 1. The summed E-state index contributed by atoms with van der Waals surface area (Å²) in [6.45, 7) is 1.74. The van der Waals surface area contributed by atoms with Gasteiger partial charge < -0.3 is 10.6 Å². The number of piperidine rings is 1. The van der Waals surface area contributed by atoms with E-state index < -0.39 is 9.84 Å². The lowest BCUT2D eigenvalue weighted by Gasteiger charge is -2.38. The number of rotatable bonds is 5. The zero-order valence-electron chi connectivity index (χ0n) is 23.4. The molecule has 1 amide bonds. The van der Waals surface area contributed by atoms with Crippen LogP contribution in [-0.2, 0) is 9.84 Å². The van der Waals surface area contributed by atoms with Gasteiger partial charge in [-0.05, 0) is 50.8 Å². The number of hydrogen-bond acceptors (Lipinski definition) is 9. The van der Waals surface area contributed by atoms with Crippen LogP contribution in [0.5, 0.6) is 0 Å². The molecule has 0 spiro atoms. The molecule has 2 fully saturated rings. The highest BCUT2D eigenvalue weighted by Gasteiger charge is 2.46. The minimum atomic E-state index is -3.79. The summed E-state index contributed by atoms with van der Waals surface area (Å²) < 4.78 is 41.8. The Kier molecular flexibility index (Phi) is 6.27. The second kappa shape index (κ2) is 9.93. The van der Waals surface area contributed by atoms with Gasteiger partial charge in [-0.2, -0.15) is 9.61 Å². The molecule has 2 bridgehead atoms. The summed E-state index contributed by atoms with van der Waals surface area (Å²) in [6, 6.07) is 9.69. The highest BCUT2D eigenvalue weighted by atomic mass is 32.2. The molecule has 43 heavy (non-hydrogen) atoms. The van der Waals surface area contributed by atoms with Gasteiger partial charge in [-0.15, -0.1) is 5.10 Å². The normalized spacial score (nSPS) is 20.2. The van der Waals surface area contributed by atoms with Crippen LogP contribution in [-0.4, -0.2) is 72.3 Å². The van der Waals surface area contributed by atoms with Crippen LogP contribution in [0.4, 0.5) is 10.2 Å². The van der Waals surface area contributed by atoms with E-state index >= 15 is 0 Å². The topological polar surface area (TPSA) is 165 Å². The molecular weight excluding hydrogens is 573 g/mol. The number of H-pyrrole nitrogens is 1. The van der Waals surface area contributed by atoms with Crippen LogP contribution in [0, 0.1) is 12.7 Å². The van der Waals surface area contributed by atoms with Gasteiger partial charge in [0.1, 0.15) is 22.4 Å². The summed E-state index contributed by atoms with van der Waals surface area (Å²) in [6.07, 6.45) is 6.93. The number of hydrogen-bond donors (Lipinski definition) is 2. The molecule has 2 aliphatic heterocycles. The number of benzene rings is 1. The lowest BCUT2D eigenvalue weighted by Crippen LogP contribution is -2.46. The summed E-state index contributed by atoms with van der Waals surface area (Å²) in [5.74, 6) is -0.185. The minimum Gasteiger partial charge on any atom is -0.382 e. The summed E-state index contributed by atoms with van der Waals surface area (Å²) >= 11 is 0. The van der Waals surface area contributed by atoms with Crippen molar-refractivity contribution in [1.82, 2.24) is 39.7 Å². The van der Waals surface area contributed by atoms with Crippen molar-refractivity contribution in [3.05, 3.63) is 72.0 Å². The standard InChI is InChI=1S/C29H28FN9O3S/c1-15-34-27(37-36-15)29(40)38-18-8-9-19(38)12-17(11-18)24-25(43(2,41)42)26(31)39-28(35-24)21(14-33-39)16-7-10-23(32-13-16)20-5-3-4-6-22(20)30/h3-7,10,13-14,17-19H,8-9,11-12,31H2,1-2H3,(H,34,36,37)/t17?,18-,19+. The van der Waals surface area contributed by atoms with Crippen molar-refractivity contribution in [3.8, 4) is 22.4 Å². The van der Waals surface area contributed by atoms with Gasteiger partial charge in [-0.1, -0.05) is 18.2 Å². The number of nitrogens with zero attached hydrogens (tertiary/aromatic N) is 7. The maximum atomic E-state index is 14.3. The number of aromatic nitrogens is 7. The highest BCUT2D eigenvalue weighted by Crippen LogP contribution is 2.45. The average Bonchev–Trinajstić information content (AvgIpc) is 3.68. The Hall–Kier alpha value is -4.72. The molecule has 220 valence electrons. The molecule has 0 aliphatic carbocycles. The summed E-state index contributed by atoms with van der Waals surface area (Å²) in [5, 5.41) is 11.1. The number of carbonyl (C=O) groups is 1.